The van der Waals surface area contributed by atoms with Gasteiger partial charge in [-0.2, -0.15) is 0 Å². The monoisotopic (exact) mass is 286 g/mol. The highest BCUT2D eigenvalue weighted by Crippen LogP contribution is 2.28. The van der Waals surface area contributed by atoms with Gasteiger partial charge in [0.1, 0.15) is 5.69 Å². The Morgan fingerprint density at radius 1 is 1.24 bits per heavy atom. The molecule has 0 aliphatic rings. The van der Waals surface area contributed by atoms with Gasteiger partial charge in [-0.25, -0.2) is 9.97 Å². The first-order valence-corrected chi connectivity index (χ1v) is 6.87. The molecule has 0 saturated heterocycles. The molecule has 0 atom stereocenters. The molecule has 2 rings (SSSR count). The molecular formula is C15H18N4O2. The summed E-state index contributed by atoms with van der Waals surface area (Å²) in [7, 11) is 0. The Kier molecular flexibility index (Phi) is 4.47. The Balaban J connectivity index is 2.53. The Bertz CT molecular complexity index is 671. The van der Waals surface area contributed by atoms with Crippen LogP contribution >= 0.6 is 0 Å². The molecule has 1 aromatic carbocycles. The van der Waals surface area contributed by atoms with E-state index in [0.717, 1.165) is 24.4 Å². The summed E-state index contributed by atoms with van der Waals surface area (Å²) in [6.07, 6.45) is 0.961. The van der Waals surface area contributed by atoms with Crippen LogP contribution in [0.2, 0.25) is 0 Å². The Morgan fingerprint density at radius 3 is 2.62 bits per heavy atom. The third kappa shape index (κ3) is 3.34. The van der Waals surface area contributed by atoms with Gasteiger partial charge in [-0.3, -0.25) is 10.1 Å². The van der Waals surface area contributed by atoms with E-state index in [-0.39, 0.29) is 5.69 Å². The third-order valence-corrected chi connectivity index (χ3v) is 3.18. The summed E-state index contributed by atoms with van der Waals surface area (Å²) in [5.74, 6) is 0.667. The van der Waals surface area contributed by atoms with Gasteiger partial charge in [0.25, 0.3) is 5.69 Å². The van der Waals surface area contributed by atoms with E-state index in [0.29, 0.717) is 17.1 Å². The minimum absolute atomic E-state index is 0.0500. The molecule has 0 fully saturated rings. The van der Waals surface area contributed by atoms with Gasteiger partial charge in [-0.15, -0.1) is 0 Å². The average Bonchev–Trinajstić information content (AvgIpc) is 2.48. The quantitative estimate of drug-likeness (QED) is 0.672. The van der Waals surface area contributed by atoms with E-state index in [1.807, 2.05) is 19.9 Å². The fourth-order valence-corrected chi connectivity index (χ4v) is 1.94. The number of rotatable bonds is 5. The van der Waals surface area contributed by atoms with Crippen molar-refractivity contribution in [3.8, 4) is 11.3 Å². The first-order valence-electron chi connectivity index (χ1n) is 6.87. The van der Waals surface area contributed by atoms with Crippen molar-refractivity contribution in [3.05, 3.63) is 45.8 Å². The van der Waals surface area contributed by atoms with Crippen molar-refractivity contribution in [2.45, 2.75) is 27.2 Å². The smallest absolute Gasteiger partial charge is 0.270 e. The van der Waals surface area contributed by atoms with Gasteiger partial charge in [0.05, 0.1) is 16.3 Å². The van der Waals surface area contributed by atoms with Crippen LogP contribution in [0.1, 0.15) is 24.7 Å². The highest BCUT2D eigenvalue weighted by Gasteiger charge is 2.14. The van der Waals surface area contributed by atoms with Crippen LogP contribution in [0.25, 0.3) is 11.3 Å². The zero-order valence-corrected chi connectivity index (χ0v) is 12.4. The molecule has 0 unspecified atom stereocenters. The molecule has 0 radical (unpaired) electrons. The standard InChI is InChI=1S/C15H18N4O2/c1-4-8-16-15-14(17-10(2)11(3)18-15)12-6-5-7-13(9-12)19(20)21/h5-7,9H,4,8H2,1-3H3,(H,16,18). The Labute approximate surface area is 123 Å². The van der Waals surface area contributed by atoms with Crippen LogP contribution in [0.15, 0.2) is 24.3 Å². The number of nitrogens with one attached hydrogen (secondary N) is 1. The molecule has 21 heavy (non-hydrogen) atoms. The highest BCUT2D eigenvalue weighted by molar-refractivity contribution is 5.73. The lowest BCUT2D eigenvalue weighted by molar-refractivity contribution is -0.384. The number of benzene rings is 1. The van der Waals surface area contributed by atoms with Crippen molar-refractivity contribution >= 4 is 11.5 Å². The molecule has 0 spiro atoms. The summed E-state index contributed by atoms with van der Waals surface area (Å²) in [6.45, 7) is 6.62. The number of nitro groups is 1. The molecule has 2 aromatic rings. The first kappa shape index (κ1) is 14.9. The zero-order valence-electron chi connectivity index (χ0n) is 12.4. The molecule has 6 heteroatoms. The SMILES string of the molecule is CCCNc1nc(C)c(C)nc1-c1cccc([N+](=O)[O-])c1. The maximum absolute atomic E-state index is 10.9. The number of hydrogen-bond donors (Lipinski definition) is 1. The molecule has 0 amide bonds. The third-order valence-electron chi connectivity index (χ3n) is 3.18. The van der Waals surface area contributed by atoms with Crippen molar-refractivity contribution in [2.75, 3.05) is 11.9 Å². The van der Waals surface area contributed by atoms with Crippen molar-refractivity contribution in [1.82, 2.24) is 9.97 Å². The second-order valence-electron chi connectivity index (χ2n) is 4.83. The summed E-state index contributed by atoms with van der Waals surface area (Å²) < 4.78 is 0. The second kappa shape index (κ2) is 6.30. The largest absolute Gasteiger partial charge is 0.368 e. The number of aromatic nitrogens is 2. The van der Waals surface area contributed by atoms with Gasteiger partial charge in [0.15, 0.2) is 5.82 Å². The predicted octanol–water partition coefficient (Wildman–Crippen LogP) is 3.49. The minimum atomic E-state index is -0.406. The van der Waals surface area contributed by atoms with Gasteiger partial charge < -0.3 is 5.32 Å². The average molecular weight is 286 g/mol. The lowest BCUT2D eigenvalue weighted by Crippen LogP contribution is -2.07. The number of nitro benzene ring substituents is 1. The molecule has 1 aromatic heterocycles. The van der Waals surface area contributed by atoms with Crippen molar-refractivity contribution in [3.63, 3.8) is 0 Å². The first-order chi connectivity index (χ1) is 10.0. The van der Waals surface area contributed by atoms with Crippen LogP contribution in [-0.2, 0) is 0 Å². The van der Waals surface area contributed by atoms with Crippen LogP contribution < -0.4 is 5.32 Å². The molecule has 0 bridgehead atoms. The van der Waals surface area contributed by atoms with E-state index < -0.39 is 4.92 Å². The van der Waals surface area contributed by atoms with E-state index in [1.165, 1.54) is 12.1 Å². The lowest BCUT2D eigenvalue weighted by Gasteiger charge is -2.12. The normalized spacial score (nSPS) is 10.4. The molecule has 0 saturated carbocycles. The van der Waals surface area contributed by atoms with Crippen LogP contribution in [0.3, 0.4) is 0 Å². The molecular weight excluding hydrogens is 268 g/mol. The number of nitrogens with zero attached hydrogens (tertiary/aromatic N) is 3. The number of hydrogen-bond acceptors (Lipinski definition) is 5. The van der Waals surface area contributed by atoms with Gasteiger partial charge in [-0.1, -0.05) is 19.1 Å². The van der Waals surface area contributed by atoms with Crippen LogP contribution in [0.5, 0.6) is 0 Å². The second-order valence-corrected chi connectivity index (χ2v) is 4.83. The van der Waals surface area contributed by atoms with E-state index in [2.05, 4.69) is 22.2 Å². The molecule has 0 aliphatic heterocycles. The summed E-state index contributed by atoms with van der Waals surface area (Å²) >= 11 is 0. The van der Waals surface area contributed by atoms with Crippen LogP contribution in [-0.4, -0.2) is 21.4 Å². The van der Waals surface area contributed by atoms with E-state index in [9.17, 15) is 10.1 Å². The van der Waals surface area contributed by atoms with Gasteiger partial charge in [0, 0.05) is 24.2 Å². The fourth-order valence-electron chi connectivity index (χ4n) is 1.94. The number of anilines is 1. The van der Waals surface area contributed by atoms with Crippen LogP contribution in [0.4, 0.5) is 11.5 Å². The summed E-state index contributed by atoms with van der Waals surface area (Å²) in [5, 5.41) is 14.2. The topological polar surface area (TPSA) is 81.0 Å². The van der Waals surface area contributed by atoms with Crippen molar-refractivity contribution in [1.29, 1.82) is 0 Å². The highest BCUT2D eigenvalue weighted by atomic mass is 16.6. The molecule has 110 valence electrons. The Morgan fingerprint density at radius 2 is 1.95 bits per heavy atom. The van der Waals surface area contributed by atoms with Gasteiger partial charge >= 0.3 is 0 Å². The molecule has 1 N–H and O–H groups in total. The predicted molar refractivity (Wildman–Crippen MR) is 82.4 cm³/mol. The Hall–Kier alpha value is -2.50. The molecule has 1 heterocycles. The van der Waals surface area contributed by atoms with E-state index >= 15 is 0 Å². The van der Waals surface area contributed by atoms with Crippen molar-refractivity contribution in [2.24, 2.45) is 0 Å². The zero-order chi connectivity index (χ0) is 15.4. The fraction of sp³-hybridized carbons (Fsp3) is 0.333. The number of non-ortho nitro benzene ring substituents is 1. The molecule has 0 aliphatic carbocycles. The van der Waals surface area contributed by atoms with Gasteiger partial charge in [0.2, 0.25) is 0 Å². The van der Waals surface area contributed by atoms with Crippen LogP contribution in [0, 0.1) is 24.0 Å². The molecule has 6 nitrogen and oxygen atoms in total. The maximum atomic E-state index is 10.9. The lowest BCUT2D eigenvalue weighted by atomic mass is 10.1. The number of aryl methyl sites for hydroxylation is 2. The maximum Gasteiger partial charge on any atom is 0.270 e. The summed E-state index contributed by atoms with van der Waals surface area (Å²) in [5.41, 5.74) is 3.06. The van der Waals surface area contributed by atoms with Crippen molar-refractivity contribution < 1.29 is 4.92 Å². The van der Waals surface area contributed by atoms with E-state index in [4.69, 9.17) is 0 Å². The summed E-state index contributed by atoms with van der Waals surface area (Å²) in [6, 6.07) is 6.46. The van der Waals surface area contributed by atoms with Gasteiger partial charge in [-0.05, 0) is 20.3 Å². The minimum Gasteiger partial charge on any atom is -0.368 e. The van der Waals surface area contributed by atoms with E-state index in [1.54, 1.807) is 6.07 Å². The summed E-state index contributed by atoms with van der Waals surface area (Å²) in [4.78, 5) is 19.6.